The fourth-order valence-corrected chi connectivity index (χ4v) is 5.52. The summed E-state index contributed by atoms with van der Waals surface area (Å²) in [4.78, 5) is 18.9. The molecule has 0 aliphatic carbocycles. The first-order valence-corrected chi connectivity index (χ1v) is 11.9. The molecule has 0 bridgehead atoms. The first kappa shape index (κ1) is 20.9. The SMILES string of the molecule is Cc1ncccc1C(=O)N1CCn2c(nnc2C2CCN(S(=O)(=O)C(C)C)CC2)C1. The van der Waals surface area contributed by atoms with E-state index in [1.807, 2.05) is 6.92 Å². The Morgan fingerprint density at radius 3 is 2.53 bits per heavy atom. The van der Waals surface area contributed by atoms with E-state index in [1.165, 1.54) is 0 Å². The van der Waals surface area contributed by atoms with E-state index in [9.17, 15) is 13.2 Å². The lowest BCUT2D eigenvalue weighted by atomic mass is 9.97. The van der Waals surface area contributed by atoms with Crippen LogP contribution in [0.4, 0.5) is 0 Å². The third-order valence-electron chi connectivity index (χ3n) is 6.08. The van der Waals surface area contributed by atoms with Gasteiger partial charge >= 0.3 is 0 Å². The van der Waals surface area contributed by atoms with E-state index in [0.29, 0.717) is 38.3 Å². The minimum Gasteiger partial charge on any atom is -0.329 e. The Labute approximate surface area is 177 Å². The molecule has 1 amide bonds. The standard InChI is InChI=1S/C20H28N6O3S/c1-14(2)30(28,29)25-9-6-16(7-10-25)19-23-22-18-13-24(11-12-26(18)19)20(27)17-5-4-8-21-15(17)3/h4-5,8,14,16H,6-7,9-13H2,1-3H3. The van der Waals surface area contributed by atoms with Crippen LogP contribution in [-0.2, 0) is 23.1 Å². The molecular weight excluding hydrogens is 404 g/mol. The maximum atomic E-state index is 12.9. The molecule has 1 fully saturated rings. The van der Waals surface area contributed by atoms with Crippen LogP contribution in [0.25, 0.3) is 0 Å². The van der Waals surface area contributed by atoms with E-state index in [1.54, 1.807) is 41.4 Å². The molecule has 0 atom stereocenters. The zero-order valence-electron chi connectivity index (χ0n) is 17.7. The van der Waals surface area contributed by atoms with Crippen molar-refractivity contribution in [3.8, 4) is 0 Å². The number of carbonyl (C=O) groups excluding carboxylic acids is 1. The van der Waals surface area contributed by atoms with Crippen molar-refractivity contribution >= 4 is 15.9 Å². The van der Waals surface area contributed by atoms with E-state index in [-0.39, 0.29) is 11.8 Å². The van der Waals surface area contributed by atoms with Gasteiger partial charge in [0, 0.05) is 44.0 Å². The summed E-state index contributed by atoms with van der Waals surface area (Å²) in [5, 5.41) is 8.37. The molecule has 1 saturated heterocycles. The number of pyridine rings is 1. The molecule has 2 aromatic rings. The van der Waals surface area contributed by atoms with Gasteiger partial charge in [-0.05, 0) is 45.7 Å². The predicted molar refractivity (Wildman–Crippen MR) is 111 cm³/mol. The number of amides is 1. The lowest BCUT2D eigenvalue weighted by Crippen LogP contribution is -2.42. The molecule has 162 valence electrons. The third-order valence-corrected chi connectivity index (χ3v) is 8.36. The van der Waals surface area contributed by atoms with Gasteiger partial charge in [-0.2, -0.15) is 0 Å². The van der Waals surface area contributed by atoms with Crippen molar-refractivity contribution in [2.45, 2.75) is 57.9 Å². The normalized spacial score (nSPS) is 18.6. The maximum Gasteiger partial charge on any atom is 0.256 e. The largest absolute Gasteiger partial charge is 0.329 e. The van der Waals surface area contributed by atoms with Gasteiger partial charge in [-0.15, -0.1) is 10.2 Å². The number of aromatic nitrogens is 4. The molecule has 2 aliphatic heterocycles. The highest BCUT2D eigenvalue weighted by Crippen LogP contribution is 2.30. The lowest BCUT2D eigenvalue weighted by molar-refractivity contribution is 0.0704. The maximum absolute atomic E-state index is 12.9. The average Bonchev–Trinajstić information content (AvgIpc) is 3.17. The first-order chi connectivity index (χ1) is 14.3. The Kier molecular flexibility index (Phi) is 5.63. The molecule has 0 saturated carbocycles. The fourth-order valence-electron chi connectivity index (χ4n) is 4.20. The predicted octanol–water partition coefficient (Wildman–Crippen LogP) is 1.56. The van der Waals surface area contributed by atoms with Gasteiger partial charge in [0.1, 0.15) is 5.82 Å². The van der Waals surface area contributed by atoms with Crippen molar-refractivity contribution in [3.63, 3.8) is 0 Å². The van der Waals surface area contributed by atoms with Crippen LogP contribution in [0.1, 0.15) is 60.3 Å². The van der Waals surface area contributed by atoms with Gasteiger partial charge in [0.05, 0.1) is 17.4 Å². The number of carbonyl (C=O) groups is 1. The zero-order valence-corrected chi connectivity index (χ0v) is 18.5. The Balaban J connectivity index is 1.45. The van der Waals surface area contributed by atoms with E-state index >= 15 is 0 Å². The van der Waals surface area contributed by atoms with Gasteiger partial charge in [0.15, 0.2) is 5.82 Å². The second kappa shape index (κ2) is 8.07. The number of hydrogen-bond acceptors (Lipinski definition) is 6. The van der Waals surface area contributed by atoms with Crippen molar-refractivity contribution in [2.24, 2.45) is 0 Å². The summed E-state index contributed by atoms with van der Waals surface area (Å²) < 4.78 is 28.5. The molecule has 0 aromatic carbocycles. The lowest BCUT2D eigenvalue weighted by Gasteiger charge is -2.33. The van der Waals surface area contributed by atoms with E-state index < -0.39 is 15.3 Å². The topological polar surface area (TPSA) is 101 Å². The Hall–Kier alpha value is -2.33. The minimum atomic E-state index is -3.22. The van der Waals surface area contributed by atoms with E-state index in [0.717, 1.165) is 30.2 Å². The Morgan fingerprint density at radius 1 is 1.13 bits per heavy atom. The van der Waals surface area contributed by atoms with Crippen LogP contribution in [0.3, 0.4) is 0 Å². The second-order valence-electron chi connectivity index (χ2n) is 8.26. The summed E-state index contributed by atoms with van der Waals surface area (Å²) >= 11 is 0. The van der Waals surface area contributed by atoms with Gasteiger partial charge in [0.25, 0.3) is 5.91 Å². The van der Waals surface area contributed by atoms with Crippen LogP contribution >= 0.6 is 0 Å². The van der Waals surface area contributed by atoms with Crippen molar-refractivity contribution in [3.05, 3.63) is 41.2 Å². The number of piperidine rings is 1. The minimum absolute atomic E-state index is 0.0383. The number of fused-ring (bicyclic) bond motifs is 1. The Morgan fingerprint density at radius 2 is 1.87 bits per heavy atom. The van der Waals surface area contributed by atoms with Crippen LogP contribution in [0, 0.1) is 6.92 Å². The number of aryl methyl sites for hydroxylation is 1. The highest BCUT2D eigenvalue weighted by molar-refractivity contribution is 7.89. The first-order valence-electron chi connectivity index (χ1n) is 10.4. The van der Waals surface area contributed by atoms with Crippen LogP contribution in [0.2, 0.25) is 0 Å². The van der Waals surface area contributed by atoms with Gasteiger partial charge in [-0.25, -0.2) is 12.7 Å². The molecule has 9 nitrogen and oxygen atoms in total. The van der Waals surface area contributed by atoms with Gasteiger partial charge in [0.2, 0.25) is 10.0 Å². The quantitative estimate of drug-likeness (QED) is 0.727. The van der Waals surface area contributed by atoms with Crippen molar-refractivity contribution in [1.82, 2.24) is 29.0 Å². The van der Waals surface area contributed by atoms with Crippen LogP contribution in [0.5, 0.6) is 0 Å². The zero-order chi connectivity index (χ0) is 21.5. The van der Waals surface area contributed by atoms with Crippen molar-refractivity contribution in [2.75, 3.05) is 19.6 Å². The monoisotopic (exact) mass is 432 g/mol. The molecule has 2 aromatic heterocycles. The second-order valence-corrected chi connectivity index (χ2v) is 10.7. The molecule has 30 heavy (non-hydrogen) atoms. The molecule has 2 aliphatic rings. The van der Waals surface area contributed by atoms with Gasteiger partial charge < -0.3 is 9.47 Å². The molecule has 4 rings (SSSR count). The van der Waals surface area contributed by atoms with E-state index in [2.05, 4.69) is 19.7 Å². The number of hydrogen-bond donors (Lipinski definition) is 0. The molecular formula is C20H28N6O3S. The van der Waals surface area contributed by atoms with Gasteiger partial charge in [-0.1, -0.05) is 0 Å². The highest BCUT2D eigenvalue weighted by Gasteiger charge is 2.34. The molecule has 0 N–H and O–H groups in total. The smallest absolute Gasteiger partial charge is 0.256 e. The summed E-state index contributed by atoms with van der Waals surface area (Å²) in [5.74, 6) is 1.84. The van der Waals surface area contributed by atoms with Crippen molar-refractivity contribution < 1.29 is 13.2 Å². The highest BCUT2D eigenvalue weighted by atomic mass is 32.2. The molecule has 0 spiro atoms. The van der Waals surface area contributed by atoms with Crippen molar-refractivity contribution in [1.29, 1.82) is 0 Å². The third kappa shape index (κ3) is 3.74. The van der Waals surface area contributed by atoms with Crippen LogP contribution in [0.15, 0.2) is 18.3 Å². The summed E-state index contributed by atoms with van der Waals surface area (Å²) in [6.45, 7) is 7.95. The van der Waals surface area contributed by atoms with Gasteiger partial charge in [-0.3, -0.25) is 9.78 Å². The molecule has 4 heterocycles. The summed E-state index contributed by atoms with van der Waals surface area (Å²) in [6.07, 6.45) is 3.16. The summed E-state index contributed by atoms with van der Waals surface area (Å²) in [5.41, 5.74) is 1.34. The molecule has 10 heteroatoms. The Bertz CT molecular complexity index is 1040. The van der Waals surface area contributed by atoms with Crippen LogP contribution < -0.4 is 0 Å². The number of rotatable bonds is 4. The number of sulfonamides is 1. The average molecular weight is 433 g/mol. The molecule has 0 unspecified atom stereocenters. The van der Waals surface area contributed by atoms with E-state index in [4.69, 9.17) is 0 Å². The summed E-state index contributed by atoms with van der Waals surface area (Å²) in [6, 6.07) is 3.57. The number of nitrogens with zero attached hydrogens (tertiary/aromatic N) is 6. The molecule has 0 radical (unpaired) electrons. The van der Waals surface area contributed by atoms with Crippen LogP contribution in [-0.4, -0.2) is 68.2 Å². The summed E-state index contributed by atoms with van der Waals surface area (Å²) in [7, 11) is -3.22. The fraction of sp³-hybridized carbons (Fsp3) is 0.600.